The number of carbonyl (C=O) groups excluding carboxylic acids is 3. The van der Waals surface area contributed by atoms with Crippen LogP contribution in [-0.4, -0.2) is 24.4 Å². The summed E-state index contributed by atoms with van der Waals surface area (Å²) < 4.78 is 4.61. The SMILES string of the molecule is CCCCCOC(=O)c1cccc(N2C(=O)[C@@H]3C4c5ccccc5C(Br)(c5ccccc54)[C@H]3C2=O)c1. The zero-order valence-corrected chi connectivity index (χ0v) is 21.5. The Morgan fingerprint density at radius 3 is 2.25 bits per heavy atom. The molecule has 2 bridgehead atoms. The summed E-state index contributed by atoms with van der Waals surface area (Å²) in [5, 5.41) is 0. The fourth-order valence-electron chi connectivity index (χ4n) is 6.31. The van der Waals surface area contributed by atoms with Gasteiger partial charge < -0.3 is 4.74 Å². The average molecular weight is 544 g/mol. The van der Waals surface area contributed by atoms with E-state index < -0.39 is 22.1 Å². The molecule has 4 aliphatic rings. The van der Waals surface area contributed by atoms with Crippen LogP contribution in [0.3, 0.4) is 0 Å². The van der Waals surface area contributed by atoms with Crippen molar-refractivity contribution in [2.75, 3.05) is 11.5 Å². The monoisotopic (exact) mass is 543 g/mol. The summed E-state index contributed by atoms with van der Waals surface area (Å²) >= 11 is 4.01. The molecule has 0 spiro atoms. The molecular weight excluding hydrogens is 518 g/mol. The Morgan fingerprint density at radius 2 is 1.58 bits per heavy atom. The fourth-order valence-corrected chi connectivity index (χ4v) is 7.51. The average Bonchev–Trinajstić information content (AvgIpc) is 3.18. The van der Waals surface area contributed by atoms with Crippen molar-refractivity contribution in [1.29, 1.82) is 0 Å². The molecule has 6 heteroatoms. The second-order valence-electron chi connectivity index (χ2n) is 9.77. The van der Waals surface area contributed by atoms with Gasteiger partial charge in [-0.3, -0.25) is 9.59 Å². The lowest BCUT2D eigenvalue weighted by Crippen LogP contribution is -2.50. The minimum Gasteiger partial charge on any atom is -0.462 e. The van der Waals surface area contributed by atoms with Gasteiger partial charge in [-0.2, -0.15) is 0 Å². The van der Waals surface area contributed by atoms with Crippen molar-refractivity contribution >= 4 is 39.4 Å². The highest BCUT2D eigenvalue weighted by Gasteiger charge is 2.67. The topological polar surface area (TPSA) is 63.7 Å². The van der Waals surface area contributed by atoms with Crippen molar-refractivity contribution in [3.8, 4) is 0 Å². The van der Waals surface area contributed by atoms with Crippen LogP contribution in [0.5, 0.6) is 0 Å². The Hall–Kier alpha value is -3.25. The molecule has 0 N–H and O–H groups in total. The lowest BCUT2D eigenvalue weighted by Gasteiger charge is -2.51. The van der Waals surface area contributed by atoms with E-state index in [-0.39, 0.29) is 17.7 Å². The van der Waals surface area contributed by atoms with E-state index in [2.05, 4.69) is 47.1 Å². The molecule has 2 amide bonds. The van der Waals surface area contributed by atoms with Crippen molar-refractivity contribution in [1.82, 2.24) is 0 Å². The molecule has 0 radical (unpaired) electrons. The number of hydrogen-bond acceptors (Lipinski definition) is 4. The number of imide groups is 1. The second-order valence-corrected chi connectivity index (χ2v) is 11.0. The van der Waals surface area contributed by atoms with Crippen molar-refractivity contribution in [3.63, 3.8) is 0 Å². The summed E-state index contributed by atoms with van der Waals surface area (Å²) in [7, 11) is 0. The van der Waals surface area contributed by atoms with Crippen molar-refractivity contribution in [3.05, 3.63) is 101 Å². The largest absolute Gasteiger partial charge is 0.462 e. The van der Waals surface area contributed by atoms with Gasteiger partial charge in [-0.05, 0) is 46.9 Å². The predicted molar refractivity (Wildman–Crippen MR) is 140 cm³/mol. The number of ether oxygens (including phenoxy) is 1. The lowest BCUT2D eigenvalue weighted by atomic mass is 9.55. The standard InChI is InChI=1S/C30H26BrNO4/c1-2-3-8-16-36-29(35)18-10-9-11-19(17-18)32-27(33)25-24-20-12-4-6-14-22(20)30(31,26(25)28(32)34)23-15-7-5-13-21(23)24/h4-7,9-15,17,24-26H,2-3,8,16H2,1H3/t24?,25-,26-,30?/m1/s1. The van der Waals surface area contributed by atoms with Crippen LogP contribution in [0.1, 0.15) is 64.7 Å². The highest BCUT2D eigenvalue weighted by molar-refractivity contribution is 9.09. The number of nitrogens with zero attached hydrogens (tertiary/aromatic N) is 1. The maximum absolute atomic E-state index is 14.0. The number of halogens is 1. The van der Waals surface area contributed by atoms with E-state index in [1.165, 1.54) is 4.90 Å². The number of benzene rings is 3. The zero-order valence-electron chi connectivity index (χ0n) is 19.9. The van der Waals surface area contributed by atoms with Crippen LogP contribution >= 0.6 is 15.9 Å². The van der Waals surface area contributed by atoms with Gasteiger partial charge in [0.05, 0.1) is 34.0 Å². The molecule has 1 saturated heterocycles. The van der Waals surface area contributed by atoms with Crippen LogP contribution < -0.4 is 4.90 Å². The molecule has 1 fully saturated rings. The number of carbonyl (C=O) groups is 3. The van der Waals surface area contributed by atoms with Gasteiger partial charge in [0.2, 0.25) is 11.8 Å². The molecule has 5 nitrogen and oxygen atoms in total. The van der Waals surface area contributed by atoms with Gasteiger partial charge in [0.25, 0.3) is 0 Å². The second kappa shape index (κ2) is 8.70. The minimum absolute atomic E-state index is 0.199. The van der Waals surface area contributed by atoms with Gasteiger partial charge in [0.1, 0.15) is 0 Å². The summed E-state index contributed by atoms with van der Waals surface area (Å²) in [6.45, 7) is 2.44. The molecule has 0 unspecified atom stereocenters. The third kappa shape index (κ3) is 3.16. The number of anilines is 1. The quantitative estimate of drug-likeness (QED) is 0.167. The Kier molecular flexibility index (Phi) is 5.60. The van der Waals surface area contributed by atoms with Gasteiger partial charge in [-0.15, -0.1) is 0 Å². The first-order chi connectivity index (χ1) is 17.5. The first-order valence-corrected chi connectivity index (χ1v) is 13.3. The van der Waals surface area contributed by atoms with E-state index in [9.17, 15) is 14.4 Å². The number of rotatable bonds is 6. The molecule has 36 heavy (non-hydrogen) atoms. The summed E-state index contributed by atoms with van der Waals surface area (Å²) in [6, 6.07) is 22.8. The van der Waals surface area contributed by atoms with Gasteiger partial charge in [0.15, 0.2) is 0 Å². The van der Waals surface area contributed by atoms with E-state index in [1.54, 1.807) is 24.3 Å². The number of amides is 2. The van der Waals surface area contributed by atoms with Crippen LogP contribution in [0.25, 0.3) is 0 Å². The predicted octanol–water partition coefficient (Wildman–Crippen LogP) is 5.94. The molecule has 7 rings (SSSR count). The highest BCUT2D eigenvalue weighted by atomic mass is 79.9. The number of unbranched alkanes of at least 4 members (excludes halogenated alkanes) is 2. The van der Waals surface area contributed by atoms with Crippen LogP contribution in [0.2, 0.25) is 0 Å². The van der Waals surface area contributed by atoms with E-state index >= 15 is 0 Å². The molecule has 1 aliphatic heterocycles. The van der Waals surface area contributed by atoms with Gasteiger partial charge in [-0.1, -0.05) is 90.3 Å². The van der Waals surface area contributed by atoms with Crippen LogP contribution in [-0.2, 0) is 18.7 Å². The van der Waals surface area contributed by atoms with E-state index in [0.29, 0.717) is 17.9 Å². The molecule has 2 atom stereocenters. The third-order valence-corrected chi connectivity index (χ3v) is 9.18. The van der Waals surface area contributed by atoms with Gasteiger partial charge in [-0.25, -0.2) is 9.69 Å². The van der Waals surface area contributed by atoms with Crippen LogP contribution in [0.15, 0.2) is 72.8 Å². The Morgan fingerprint density at radius 1 is 0.917 bits per heavy atom. The molecule has 0 aromatic heterocycles. The van der Waals surface area contributed by atoms with E-state index in [0.717, 1.165) is 41.5 Å². The normalized spacial score (nSPS) is 25.4. The van der Waals surface area contributed by atoms with Crippen molar-refractivity contribution in [2.45, 2.75) is 36.4 Å². The first-order valence-electron chi connectivity index (χ1n) is 12.5. The fraction of sp³-hybridized carbons (Fsp3) is 0.300. The van der Waals surface area contributed by atoms with Crippen LogP contribution in [0.4, 0.5) is 5.69 Å². The summed E-state index contributed by atoms with van der Waals surface area (Å²) in [5.41, 5.74) is 5.00. The van der Waals surface area contributed by atoms with E-state index in [1.807, 2.05) is 24.3 Å². The van der Waals surface area contributed by atoms with Gasteiger partial charge in [0, 0.05) is 5.92 Å². The van der Waals surface area contributed by atoms with Crippen molar-refractivity contribution in [2.24, 2.45) is 11.8 Å². The van der Waals surface area contributed by atoms with Crippen molar-refractivity contribution < 1.29 is 19.1 Å². The summed E-state index contributed by atoms with van der Waals surface area (Å²) in [6.07, 6.45) is 2.84. The Bertz CT molecular complexity index is 1350. The summed E-state index contributed by atoms with van der Waals surface area (Å²) in [5.74, 6) is -2.22. The number of hydrogen-bond donors (Lipinski definition) is 0. The molecular formula is C30H26BrNO4. The molecule has 3 aromatic rings. The maximum Gasteiger partial charge on any atom is 0.338 e. The number of alkyl halides is 1. The zero-order chi connectivity index (χ0) is 25.0. The van der Waals surface area contributed by atoms with Gasteiger partial charge >= 0.3 is 5.97 Å². The molecule has 1 heterocycles. The number of esters is 1. The maximum atomic E-state index is 14.0. The molecule has 0 saturated carbocycles. The molecule has 3 aromatic carbocycles. The smallest absolute Gasteiger partial charge is 0.338 e. The Balaban J connectivity index is 1.40. The minimum atomic E-state index is -0.795. The highest BCUT2D eigenvalue weighted by Crippen LogP contribution is 2.66. The molecule has 3 aliphatic carbocycles. The summed E-state index contributed by atoms with van der Waals surface area (Å²) in [4.78, 5) is 42.0. The first kappa shape index (κ1) is 23.2. The lowest BCUT2D eigenvalue weighted by molar-refractivity contribution is -0.122. The van der Waals surface area contributed by atoms with E-state index in [4.69, 9.17) is 4.74 Å². The third-order valence-electron chi connectivity index (χ3n) is 7.84. The Labute approximate surface area is 218 Å². The van der Waals surface area contributed by atoms with Crippen LogP contribution in [0, 0.1) is 11.8 Å². The molecule has 182 valence electrons.